The highest BCUT2D eigenvalue weighted by molar-refractivity contribution is 7.93. The average Bonchev–Trinajstić information content (AvgIpc) is 3.38. The molecule has 2 aromatic rings. The van der Waals surface area contributed by atoms with Crippen molar-refractivity contribution < 1.29 is 13.2 Å². The van der Waals surface area contributed by atoms with Crippen LogP contribution in [0.4, 0.5) is 5.95 Å². The van der Waals surface area contributed by atoms with E-state index in [4.69, 9.17) is 16.3 Å². The molecule has 1 aromatic carbocycles. The minimum atomic E-state index is -3.49. The predicted octanol–water partition coefficient (Wildman–Crippen LogP) is 2.64. The molecule has 23 heavy (non-hydrogen) atoms. The van der Waals surface area contributed by atoms with Gasteiger partial charge < -0.3 is 4.74 Å². The summed E-state index contributed by atoms with van der Waals surface area (Å²) in [7, 11) is -1.91. The fourth-order valence-electron chi connectivity index (χ4n) is 2.16. The largest absolute Gasteiger partial charge is 0.497 e. The molecule has 6 nitrogen and oxygen atoms in total. The first-order chi connectivity index (χ1) is 11.0. The van der Waals surface area contributed by atoms with Gasteiger partial charge in [0, 0.05) is 6.20 Å². The Labute approximate surface area is 140 Å². The Balaban J connectivity index is 1.94. The van der Waals surface area contributed by atoms with Crippen molar-refractivity contribution in [1.82, 2.24) is 9.97 Å². The number of aromatic nitrogens is 2. The highest BCUT2D eigenvalue weighted by Crippen LogP contribution is 2.33. The molecular weight excluding hydrogens is 338 g/mol. The molecule has 1 fully saturated rings. The smallest absolute Gasteiger partial charge is 0.240 e. The van der Waals surface area contributed by atoms with E-state index in [0.29, 0.717) is 18.6 Å². The van der Waals surface area contributed by atoms with Crippen molar-refractivity contribution in [2.45, 2.75) is 24.6 Å². The van der Waals surface area contributed by atoms with Gasteiger partial charge in [0.15, 0.2) is 0 Å². The molecule has 0 spiro atoms. The summed E-state index contributed by atoms with van der Waals surface area (Å²) in [5.74, 6) is 0.810. The van der Waals surface area contributed by atoms with Crippen LogP contribution in [-0.2, 0) is 16.6 Å². The Hall–Kier alpha value is -1.86. The van der Waals surface area contributed by atoms with E-state index in [0.717, 1.165) is 5.56 Å². The van der Waals surface area contributed by atoms with Gasteiger partial charge in [0.2, 0.25) is 16.0 Å². The van der Waals surface area contributed by atoms with Gasteiger partial charge in [0.1, 0.15) is 10.9 Å². The van der Waals surface area contributed by atoms with Crippen LogP contribution in [0.2, 0.25) is 5.15 Å². The van der Waals surface area contributed by atoms with E-state index in [1.807, 2.05) is 12.1 Å². The number of rotatable bonds is 6. The fourth-order valence-corrected chi connectivity index (χ4v) is 4.03. The van der Waals surface area contributed by atoms with Crippen LogP contribution in [0, 0.1) is 0 Å². The minimum absolute atomic E-state index is 0.0974. The van der Waals surface area contributed by atoms with Crippen molar-refractivity contribution in [3.8, 4) is 5.75 Å². The number of ether oxygens (including phenoxy) is 1. The highest BCUT2D eigenvalue weighted by Gasteiger charge is 2.41. The first-order valence-corrected chi connectivity index (χ1v) is 9.02. The summed E-state index contributed by atoms with van der Waals surface area (Å²) in [5, 5.41) is -0.149. The molecule has 0 radical (unpaired) electrons. The number of halogens is 1. The van der Waals surface area contributed by atoms with Crippen LogP contribution in [-0.4, -0.2) is 30.7 Å². The first-order valence-electron chi connectivity index (χ1n) is 7.14. The van der Waals surface area contributed by atoms with Gasteiger partial charge in [-0.25, -0.2) is 22.7 Å². The summed E-state index contributed by atoms with van der Waals surface area (Å²) in [6, 6.07) is 8.73. The van der Waals surface area contributed by atoms with E-state index >= 15 is 0 Å². The van der Waals surface area contributed by atoms with E-state index in [9.17, 15) is 8.42 Å². The van der Waals surface area contributed by atoms with E-state index < -0.39 is 10.0 Å². The summed E-state index contributed by atoms with van der Waals surface area (Å²) in [4.78, 5) is 8.13. The van der Waals surface area contributed by atoms with Crippen molar-refractivity contribution in [3.63, 3.8) is 0 Å². The number of anilines is 1. The molecular formula is C15H16ClN3O3S. The molecule has 1 aromatic heterocycles. The molecule has 1 heterocycles. The van der Waals surface area contributed by atoms with Crippen LogP contribution in [0.3, 0.4) is 0 Å². The molecule has 0 bridgehead atoms. The van der Waals surface area contributed by atoms with Crippen LogP contribution in [0.1, 0.15) is 18.4 Å². The first kappa shape index (κ1) is 16.0. The van der Waals surface area contributed by atoms with Gasteiger partial charge in [0.05, 0.1) is 18.9 Å². The summed E-state index contributed by atoms with van der Waals surface area (Å²) in [6.45, 7) is 0.156. The zero-order valence-electron chi connectivity index (χ0n) is 12.5. The molecule has 0 N–H and O–H groups in total. The summed E-state index contributed by atoms with van der Waals surface area (Å²) < 4.78 is 31.8. The molecule has 1 aliphatic rings. The van der Waals surface area contributed by atoms with E-state index in [1.165, 1.54) is 16.6 Å². The van der Waals surface area contributed by atoms with Crippen molar-refractivity contribution in [2.75, 3.05) is 11.4 Å². The molecule has 3 rings (SSSR count). The molecule has 8 heteroatoms. The third-order valence-corrected chi connectivity index (χ3v) is 6.00. The maximum absolute atomic E-state index is 12.7. The van der Waals surface area contributed by atoms with Crippen molar-refractivity contribution in [1.29, 1.82) is 0 Å². The third-order valence-electron chi connectivity index (χ3n) is 3.57. The lowest BCUT2D eigenvalue weighted by Crippen LogP contribution is -2.34. The van der Waals surface area contributed by atoms with E-state index in [1.54, 1.807) is 19.2 Å². The SMILES string of the molecule is COc1ccc(CN(c2nccc(Cl)n2)S(=O)(=O)C2CC2)cc1. The molecule has 0 aliphatic heterocycles. The van der Waals surface area contributed by atoms with Crippen LogP contribution in [0.25, 0.3) is 0 Å². The highest BCUT2D eigenvalue weighted by atomic mass is 35.5. The fraction of sp³-hybridized carbons (Fsp3) is 0.333. The van der Waals surface area contributed by atoms with Gasteiger partial charge in [-0.1, -0.05) is 23.7 Å². The molecule has 1 saturated carbocycles. The minimum Gasteiger partial charge on any atom is -0.497 e. The molecule has 0 unspecified atom stereocenters. The Kier molecular flexibility index (Phi) is 4.41. The van der Waals surface area contributed by atoms with Gasteiger partial charge in [-0.15, -0.1) is 0 Å². The lowest BCUT2D eigenvalue weighted by atomic mass is 10.2. The van der Waals surface area contributed by atoms with Crippen LogP contribution in [0.15, 0.2) is 36.5 Å². The summed E-state index contributed by atoms with van der Waals surface area (Å²) in [5.41, 5.74) is 0.818. The maximum Gasteiger partial charge on any atom is 0.240 e. The average molecular weight is 354 g/mol. The molecule has 1 aliphatic carbocycles. The Bertz CT molecular complexity index is 792. The normalized spacial score (nSPS) is 14.5. The van der Waals surface area contributed by atoms with Gasteiger partial charge in [-0.05, 0) is 36.6 Å². The lowest BCUT2D eigenvalue weighted by Gasteiger charge is -2.22. The predicted molar refractivity (Wildman–Crippen MR) is 88.2 cm³/mol. The van der Waals surface area contributed by atoms with Crippen LogP contribution >= 0.6 is 11.6 Å². The zero-order chi connectivity index (χ0) is 16.4. The molecule has 0 amide bonds. The van der Waals surface area contributed by atoms with E-state index in [2.05, 4.69) is 9.97 Å². The van der Waals surface area contributed by atoms with Crippen molar-refractivity contribution >= 4 is 27.6 Å². The van der Waals surface area contributed by atoms with Gasteiger partial charge in [0.25, 0.3) is 0 Å². The third kappa shape index (κ3) is 3.56. The van der Waals surface area contributed by atoms with Crippen LogP contribution < -0.4 is 9.04 Å². The number of sulfonamides is 1. The topological polar surface area (TPSA) is 72.4 Å². The molecule has 0 saturated heterocycles. The second kappa shape index (κ2) is 6.33. The Morgan fingerprint density at radius 2 is 1.96 bits per heavy atom. The van der Waals surface area contributed by atoms with Gasteiger partial charge in [-0.3, -0.25) is 0 Å². The lowest BCUT2D eigenvalue weighted by molar-refractivity contribution is 0.414. The Morgan fingerprint density at radius 1 is 1.26 bits per heavy atom. The maximum atomic E-state index is 12.7. The zero-order valence-corrected chi connectivity index (χ0v) is 14.1. The number of benzene rings is 1. The Morgan fingerprint density at radius 3 is 2.52 bits per heavy atom. The second-order valence-electron chi connectivity index (χ2n) is 5.28. The number of hydrogen-bond donors (Lipinski definition) is 0. The number of methoxy groups -OCH3 is 1. The molecule has 122 valence electrons. The summed E-state index contributed by atoms with van der Waals surface area (Å²) >= 11 is 5.89. The van der Waals surface area contributed by atoms with E-state index in [-0.39, 0.29) is 22.9 Å². The standard InChI is InChI=1S/C15H16ClN3O3S/c1-22-12-4-2-11(3-5-12)10-19(23(20,21)13-6-7-13)15-17-9-8-14(16)18-15/h2-5,8-9,13H,6-7,10H2,1H3. The van der Waals surface area contributed by atoms with Crippen molar-refractivity contribution in [3.05, 3.63) is 47.2 Å². The van der Waals surface area contributed by atoms with Crippen LogP contribution in [0.5, 0.6) is 5.75 Å². The quantitative estimate of drug-likeness (QED) is 0.746. The van der Waals surface area contributed by atoms with Gasteiger partial charge in [-0.2, -0.15) is 0 Å². The monoisotopic (exact) mass is 353 g/mol. The summed E-state index contributed by atoms with van der Waals surface area (Å²) in [6.07, 6.45) is 2.79. The number of nitrogens with zero attached hydrogens (tertiary/aromatic N) is 3. The van der Waals surface area contributed by atoms with Crippen molar-refractivity contribution in [2.24, 2.45) is 0 Å². The number of hydrogen-bond acceptors (Lipinski definition) is 5. The van der Waals surface area contributed by atoms with Gasteiger partial charge >= 0.3 is 0 Å². The second-order valence-corrected chi connectivity index (χ2v) is 7.80. The molecule has 0 atom stereocenters.